The van der Waals surface area contributed by atoms with Crippen molar-refractivity contribution in [3.05, 3.63) is 53.3 Å². The summed E-state index contributed by atoms with van der Waals surface area (Å²) in [7, 11) is 1.43. The zero-order valence-electron chi connectivity index (χ0n) is 31.3. The maximum Gasteiger partial charge on any atom is 0.410 e. The standard InChI is InChI=1S/C41H43F4N5O5/c1-6-28-31(43)11-8-23-14-27(54-22-52-5)15-29(33(23)28)34-32(44)16-30-36(35(34)45)46-38(53-21-41-12-7-13-49(41)18-24(42)17-41)47-37(30)48-19-25-9-10-26(20-48)50(25)39(51)55-40(2,3)4/h1,8,11,14-16,24-26H,7,9-10,12-13,17-22H2,2-5H3/t24-,25-,26+,41+/m1/s1. The molecule has 8 rings (SSSR count). The van der Waals surface area contributed by atoms with Crippen LogP contribution in [0.15, 0.2) is 30.3 Å². The normalized spacial score (nSPS) is 23.7. The van der Waals surface area contributed by atoms with E-state index in [0.29, 0.717) is 44.3 Å². The van der Waals surface area contributed by atoms with Gasteiger partial charge >= 0.3 is 12.1 Å². The van der Waals surface area contributed by atoms with Gasteiger partial charge in [0.25, 0.3) is 0 Å². The van der Waals surface area contributed by atoms with E-state index < -0.39 is 46.4 Å². The van der Waals surface area contributed by atoms with E-state index in [1.165, 1.54) is 31.4 Å². The Hall–Kier alpha value is -4.87. The average molecular weight is 762 g/mol. The second-order valence-electron chi connectivity index (χ2n) is 16.0. The summed E-state index contributed by atoms with van der Waals surface area (Å²) in [5, 5.41) is 0.596. The summed E-state index contributed by atoms with van der Waals surface area (Å²) >= 11 is 0. The summed E-state index contributed by atoms with van der Waals surface area (Å²) in [6.07, 6.45) is 7.71. The number of fused-ring (bicyclic) bond motifs is 5. The third-order valence-electron chi connectivity index (χ3n) is 11.3. The van der Waals surface area contributed by atoms with E-state index in [0.717, 1.165) is 19.4 Å². The molecule has 0 spiro atoms. The largest absolute Gasteiger partial charge is 0.468 e. The number of aromatic nitrogens is 2. The number of ether oxygens (including phenoxy) is 4. The summed E-state index contributed by atoms with van der Waals surface area (Å²) in [5.41, 5.74) is -2.16. The van der Waals surface area contributed by atoms with Gasteiger partial charge in [-0.3, -0.25) is 9.80 Å². The first kappa shape index (κ1) is 37.1. The zero-order valence-corrected chi connectivity index (χ0v) is 31.3. The van der Waals surface area contributed by atoms with E-state index in [2.05, 4.69) is 15.8 Å². The molecular formula is C41H43F4N5O5. The number of anilines is 1. The number of rotatable bonds is 8. The maximum absolute atomic E-state index is 17.3. The first-order valence-corrected chi connectivity index (χ1v) is 18.6. The summed E-state index contributed by atoms with van der Waals surface area (Å²) in [5.74, 6) is 0.0626. The zero-order chi connectivity index (χ0) is 38.8. The lowest BCUT2D eigenvalue weighted by Gasteiger charge is -2.42. The van der Waals surface area contributed by atoms with Gasteiger partial charge in [-0.2, -0.15) is 9.97 Å². The molecule has 1 amide bonds. The molecule has 290 valence electrons. The molecule has 4 aliphatic rings. The Morgan fingerprint density at radius 3 is 2.51 bits per heavy atom. The molecule has 2 bridgehead atoms. The van der Waals surface area contributed by atoms with Crippen molar-refractivity contribution in [1.29, 1.82) is 0 Å². The van der Waals surface area contributed by atoms with Crippen molar-refractivity contribution in [2.24, 2.45) is 0 Å². The second-order valence-corrected chi connectivity index (χ2v) is 16.0. The molecule has 4 aromatic rings. The van der Waals surface area contributed by atoms with Gasteiger partial charge < -0.3 is 23.8 Å². The number of carbonyl (C=O) groups excluding carboxylic acids is 1. The van der Waals surface area contributed by atoms with E-state index in [-0.39, 0.29) is 70.5 Å². The number of methoxy groups -OCH3 is 1. The first-order valence-electron chi connectivity index (χ1n) is 18.6. The molecule has 0 radical (unpaired) electrons. The Morgan fingerprint density at radius 1 is 1.04 bits per heavy atom. The van der Waals surface area contributed by atoms with Crippen LogP contribution in [0.25, 0.3) is 32.8 Å². The van der Waals surface area contributed by atoms with E-state index in [4.69, 9.17) is 30.4 Å². The molecule has 0 saturated carbocycles. The van der Waals surface area contributed by atoms with Gasteiger partial charge in [-0.25, -0.2) is 22.4 Å². The van der Waals surface area contributed by atoms with Gasteiger partial charge in [0.1, 0.15) is 47.1 Å². The van der Waals surface area contributed by atoms with Gasteiger partial charge in [-0.1, -0.05) is 12.0 Å². The Balaban J connectivity index is 1.27. The fourth-order valence-corrected chi connectivity index (χ4v) is 9.01. The van der Waals surface area contributed by atoms with E-state index in [9.17, 15) is 9.18 Å². The molecule has 3 aromatic carbocycles. The van der Waals surface area contributed by atoms with Crippen LogP contribution in [0, 0.1) is 29.8 Å². The van der Waals surface area contributed by atoms with Crippen molar-refractivity contribution < 1.29 is 41.3 Å². The minimum absolute atomic E-state index is 0.0416. The number of piperazine rings is 1. The molecule has 4 fully saturated rings. The summed E-state index contributed by atoms with van der Waals surface area (Å²) in [4.78, 5) is 28.3. The number of alkyl halides is 1. The minimum Gasteiger partial charge on any atom is -0.468 e. The van der Waals surface area contributed by atoms with Crippen LogP contribution in [0.5, 0.6) is 11.8 Å². The highest BCUT2D eigenvalue weighted by Gasteiger charge is 2.50. The molecule has 55 heavy (non-hydrogen) atoms. The lowest BCUT2D eigenvalue weighted by Crippen LogP contribution is -2.57. The predicted molar refractivity (Wildman–Crippen MR) is 198 cm³/mol. The minimum atomic E-state index is -1.04. The van der Waals surface area contributed by atoms with Crippen LogP contribution in [0.4, 0.5) is 28.2 Å². The lowest BCUT2D eigenvalue weighted by molar-refractivity contribution is 0.0122. The Morgan fingerprint density at radius 2 is 1.80 bits per heavy atom. The molecule has 0 unspecified atom stereocenters. The molecule has 14 heteroatoms. The van der Waals surface area contributed by atoms with Gasteiger partial charge in [0, 0.05) is 49.5 Å². The van der Waals surface area contributed by atoms with Crippen LogP contribution in [0.1, 0.15) is 58.4 Å². The van der Waals surface area contributed by atoms with Gasteiger partial charge in [-0.05, 0) is 82.7 Å². The van der Waals surface area contributed by atoms with Crippen molar-refractivity contribution in [2.45, 2.75) is 82.3 Å². The molecular weight excluding hydrogens is 718 g/mol. The predicted octanol–water partition coefficient (Wildman–Crippen LogP) is 7.37. The molecule has 4 atom stereocenters. The number of terminal acetylenes is 1. The molecule has 4 saturated heterocycles. The summed E-state index contributed by atoms with van der Waals surface area (Å²) < 4.78 is 86.6. The number of halogens is 4. The number of hydrogen-bond donors (Lipinski definition) is 0. The van der Waals surface area contributed by atoms with E-state index in [1.807, 2.05) is 25.7 Å². The molecule has 4 aliphatic heterocycles. The Bertz CT molecular complexity index is 2210. The highest BCUT2D eigenvalue weighted by molar-refractivity contribution is 6.04. The molecule has 5 heterocycles. The van der Waals surface area contributed by atoms with Crippen molar-refractivity contribution in [2.75, 3.05) is 51.6 Å². The van der Waals surface area contributed by atoms with Crippen LogP contribution < -0.4 is 14.4 Å². The van der Waals surface area contributed by atoms with Gasteiger partial charge in [-0.15, -0.1) is 6.42 Å². The number of hydrogen-bond acceptors (Lipinski definition) is 9. The fraction of sp³-hybridized carbons (Fsp3) is 0.488. The van der Waals surface area contributed by atoms with E-state index >= 15 is 13.2 Å². The second kappa shape index (κ2) is 14.0. The van der Waals surface area contributed by atoms with Crippen LogP contribution in [-0.4, -0.2) is 102 Å². The quantitative estimate of drug-likeness (QED) is 0.104. The highest BCUT2D eigenvalue weighted by atomic mass is 19.1. The molecule has 1 aromatic heterocycles. The fourth-order valence-electron chi connectivity index (χ4n) is 9.01. The lowest BCUT2D eigenvalue weighted by atomic mass is 9.92. The van der Waals surface area contributed by atoms with Crippen LogP contribution in [0.3, 0.4) is 0 Å². The Kier molecular flexibility index (Phi) is 9.44. The topological polar surface area (TPSA) is 89.5 Å². The number of nitrogens with zero attached hydrogens (tertiary/aromatic N) is 5. The summed E-state index contributed by atoms with van der Waals surface area (Å²) in [6, 6.07) is 6.17. The van der Waals surface area contributed by atoms with Crippen molar-refractivity contribution in [3.63, 3.8) is 0 Å². The summed E-state index contributed by atoms with van der Waals surface area (Å²) in [6.45, 7) is 7.08. The Labute approximate surface area is 316 Å². The van der Waals surface area contributed by atoms with Crippen molar-refractivity contribution in [1.82, 2.24) is 19.8 Å². The maximum atomic E-state index is 17.3. The number of carbonyl (C=O) groups is 1. The number of benzene rings is 3. The van der Waals surface area contributed by atoms with Gasteiger partial charge in [0.05, 0.1) is 28.7 Å². The average Bonchev–Trinajstić information content (AvgIpc) is 3.75. The van der Waals surface area contributed by atoms with Crippen LogP contribution in [-0.2, 0) is 9.47 Å². The molecule has 10 nitrogen and oxygen atoms in total. The van der Waals surface area contributed by atoms with E-state index in [1.54, 1.807) is 11.0 Å². The van der Waals surface area contributed by atoms with Gasteiger partial charge in [0.15, 0.2) is 12.6 Å². The highest BCUT2D eigenvalue weighted by Crippen LogP contribution is 2.44. The smallest absolute Gasteiger partial charge is 0.410 e. The SMILES string of the molecule is C#Cc1c(F)ccc2cc(OCOC)cc(-c3c(F)cc4c(N5C[C@H]6CC[C@@H](C5)N6C(=O)OC(C)(C)C)nc(OC[C@@]56CCCN5C[C@H](F)C6)nc4c3F)c12. The monoisotopic (exact) mass is 761 g/mol. The van der Waals surface area contributed by atoms with Crippen LogP contribution in [0.2, 0.25) is 0 Å². The first-order chi connectivity index (χ1) is 26.3. The van der Waals surface area contributed by atoms with Crippen molar-refractivity contribution in [3.8, 4) is 35.2 Å². The van der Waals surface area contributed by atoms with Crippen molar-refractivity contribution >= 4 is 33.6 Å². The third-order valence-corrected chi connectivity index (χ3v) is 11.3. The third kappa shape index (κ3) is 6.65. The molecule has 0 aliphatic carbocycles. The molecule has 0 N–H and O–H groups in total. The van der Waals surface area contributed by atoms with Crippen LogP contribution >= 0.6 is 0 Å². The number of amides is 1. The van der Waals surface area contributed by atoms with Gasteiger partial charge in [0.2, 0.25) is 0 Å².